The van der Waals surface area contributed by atoms with Gasteiger partial charge >= 0.3 is 0 Å². The molecule has 9 amide bonds. The van der Waals surface area contributed by atoms with Crippen LogP contribution in [-0.2, 0) is 14.4 Å². The summed E-state index contributed by atoms with van der Waals surface area (Å²) in [5.41, 5.74) is -1.94. The summed E-state index contributed by atoms with van der Waals surface area (Å²) in [4.78, 5) is 126. The fraction of sp³-hybridized carbons (Fsp3) is 0.413. The Morgan fingerprint density at radius 2 is 0.553 bits per heavy atom. The quantitative estimate of drug-likeness (QED) is 0.0308. The van der Waals surface area contributed by atoms with Crippen molar-refractivity contribution >= 4 is 274 Å². The molecule has 0 spiro atoms. The fourth-order valence-electron chi connectivity index (χ4n) is 6.72. The van der Waals surface area contributed by atoms with E-state index >= 15 is 4.79 Å². The summed E-state index contributed by atoms with van der Waals surface area (Å²) in [5.74, 6) is -8.87. The first-order valence-electron chi connectivity index (χ1n) is 23.9. The summed E-state index contributed by atoms with van der Waals surface area (Å²) in [5, 5.41) is 137. The molecule has 0 aliphatic carbocycles. The molecule has 0 fully saturated rings. The average Bonchev–Trinajstić information content (AvgIpc) is 3.40. The number of amides is 9. The molecule has 3 aromatic rings. The van der Waals surface area contributed by atoms with Gasteiger partial charge in [0.2, 0.25) is 0 Å². The molecule has 39 heteroatoms. The van der Waals surface area contributed by atoms with Crippen molar-refractivity contribution in [2.75, 3.05) is 101 Å². The number of benzene rings is 3. The van der Waals surface area contributed by atoms with E-state index in [-0.39, 0.29) is 82.6 Å². The average molecular weight is 2210 g/mol. The van der Waals surface area contributed by atoms with Gasteiger partial charge in [0.25, 0.3) is 53.2 Å². The highest BCUT2D eigenvalue weighted by Gasteiger charge is 2.35. The zero-order valence-corrected chi connectivity index (χ0v) is 62.5. The molecule has 85 heavy (non-hydrogen) atoms. The Kier molecular flexibility index (Phi) is 34.5. The van der Waals surface area contributed by atoms with Crippen LogP contribution in [0.4, 0.5) is 17.1 Å². The molecule has 0 saturated carbocycles. The van der Waals surface area contributed by atoms with Gasteiger partial charge in [-0.05, 0) is 203 Å². The van der Waals surface area contributed by atoms with Gasteiger partial charge in [-0.3, -0.25) is 43.2 Å². The molecule has 3 rings (SSSR count). The molecule has 0 heterocycles. The molecule has 0 aliphatic heterocycles. The maximum Gasteiger partial charge on any atom is 0.256 e. The standard InChI is InChI=1S/C46H52I9N9O21/c47-26-20(29(50)35(61-38(77)17(74)11-68)31(52)22(26)43(82)58-5-14(71)8-65)41(80)56-1-3-64(46(85)25-28(49)24(45(84)60-7-16(73)10-67)33(54)37(34(25)55)63-40(79)19(76)13-70)4-2-57-42(81)21-27(48)23(44(83)59-6-15(72)9-66)32(53)36(30(21)51)62-39(78)18(75)12-69/h14-19,65-76H,1-13H2,(H,56,80)(H,57,81)(H,58,82)(H,59,83)(H,60,84)(H,61,77)(H,62,78)(H,63,79). The Labute approximate surface area is 604 Å². The monoisotopic (exact) mass is 2210 g/mol. The minimum absolute atomic E-state index is 0.00470. The molecular weight excluding hydrogens is 2160 g/mol. The predicted molar refractivity (Wildman–Crippen MR) is 376 cm³/mol. The molecule has 0 aromatic heterocycles. The summed E-state index contributed by atoms with van der Waals surface area (Å²) in [6.07, 6.45) is -10.1. The Bertz CT molecular complexity index is 2910. The highest BCUT2D eigenvalue weighted by atomic mass is 127. The van der Waals surface area contributed by atoms with E-state index in [1.807, 2.05) is 0 Å². The predicted octanol–water partition coefficient (Wildman–Crippen LogP) is -2.45. The SMILES string of the molecule is O=C(NCCN(CCNC(=O)c1c(I)c(NC(=O)C(O)CO)c(I)c(C(=O)NCC(O)CO)c1I)C(=O)c1c(I)c(NC(=O)C(O)CO)c(I)c(C(=O)NCC(O)CO)c1I)c1c(I)c(NC(=O)C(O)CO)c(I)c(C(=O)NCC(O)CO)c1I. The number of aliphatic hydroxyl groups is 12. The molecule has 20 N–H and O–H groups in total. The minimum Gasteiger partial charge on any atom is -0.394 e. The first-order valence-corrected chi connectivity index (χ1v) is 33.6. The highest BCUT2D eigenvalue weighted by Crippen LogP contribution is 2.39. The smallest absolute Gasteiger partial charge is 0.256 e. The van der Waals surface area contributed by atoms with E-state index in [4.69, 9.17) is 0 Å². The van der Waals surface area contributed by atoms with Crippen molar-refractivity contribution in [1.29, 1.82) is 0 Å². The molecule has 0 radical (unpaired) electrons. The Hall–Kier alpha value is -1.02. The molecule has 6 unspecified atom stereocenters. The second-order valence-electron chi connectivity index (χ2n) is 17.2. The molecule has 3 aromatic carbocycles. The number of aliphatic hydroxyl groups excluding tert-OH is 12. The van der Waals surface area contributed by atoms with Crippen LogP contribution in [0.1, 0.15) is 62.1 Å². The van der Waals surface area contributed by atoms with Gasteiger partial charge in [-0.15, -0.1) is 0 Å². The Morgan fingerprint density at radius 1 is 0.329 bits per heavy atom. The number of rotatable bonds is 30. The van der Waals surface area contributed by atoms with Crippen molar-refractivity contribution in [1.82, 2.24) is 31.5 Å². The number of halogens is 9. The van der Waals surface area contributed by atoms with E-state index in [0.717, 1.165) is 4.90 Å². The van der Waals surface area contributed by atoms with Crippen LogP contribution in [0.3, 0.4) is 0 Å². The maximum atomic E-state index is 15.3. The minimum atomic E-state index is -1.99. The van der Waals surface area contributed by atoms with Gasteiger partial charge in [0.1, 0.15) is 0 Å². The van der Waals surface area contributed by atoms with Crippen molar-refractivity contribution in [3.05, 3.63) is 65.5 Å². The first kappa shape index (κ1) is 78.2. The number of nitrogens with zero attached hydrogens (tertiary/aromatic N) is 1. The van der Waals surface area contributed by atoms with Crippen LogP contribution in [0, 0.1) is 32.1 Å². The summed E-state index contributed by atoms with van der Waals surface area (Å²) in [6, 6.07) is 0. The van der Waals surface area contributed by atoms with Crippen LogP contribution in [0.5, 0.6) is 0 Å². The Morgan fingerprint density at radius 3 is 0.788 bits per heavy atom. The summed E-state index contributed by atoms with van der Waals surface area (Å²) in [6.45, 7) is -8.53. The lowest BCUT2D eigenvalue weighted by Gasteiger charge is -2.27. The van der Waals surface area contributed by atoms with Gasteiger partial charge in [0.15, 0.2) is 18.3 Å². The number of anilines is 3. The van der Waals surface area contributed by atoms with Crippen molar-refractivity contribution in [2.45, 2.75) is 36.6 Å². The van der Waals surface area contributed by atoms with E-state index in [1.54, 1.807) is 203 Å². The van der Waals surface area contributed by atoms with E-state index in [0.29, 0.717) is 0 Å². The largest absolute Gasteiger partial charge is 0.394 e. The van der Waals surface area contributed by atoms with Gasteiger partial charge in [-0.2, -0.15) is 0 Å². The lowest BCUT2D eigenvalue weighted by Crippen LogP contribution is -2.44. The van der Waals surface area contributed by atoms with Gasteiger partial charge in [0.05, 0.1) is 130 Å². The van der Waals surface area contributed by atoms with Crippen molar-refractivity contribution in [2.24, 2.45) is 0 Å². The molecule has 0 aliphatic rings. The summed E-state index contributed by atoms with van der Waals surface area (Å²) < 4.78 is 0.0152. The van der Waals surface area contributed by atoms with Crippen LogP contribution >= 0.6 is 203 Å². The van der Waals surface area contributed by atoms with Gasteiger partial charge < -0.3 is 109 Å². The normalized spacial score (nSPS) is 13.3. The lowest BCUT2D eigenvalue weighted by atomic mass is 10.1. The zero-order valence-electron chi connectivity index (χ0n) is 43.0. The van der Waals surface area contributed by atoms with Crippen molar-refractivity contribution < 1.29 is 104 Å². The third-order valence-corrected chi connectivity index (χ3v) is 20.9. The van der Waals surface area contributed by atoms with Gasteiger partial charge in [-0.1, -0.05) is 0 Å². The topological polar surface area (TPSA) is 496 Å². The van der Waals surface area contributed by atoms with Crippen LogP contribution in [0.15, 0.2) is 0 Å². The lowest BCUT2D eigenvalue weighted by molar-refractivity contribution is -0.126. The van der Waals surface area contributed by atoms with E-state index in [2.05, 4.69) is 42.5 Å². The first-order chi connectivity index (χ1) is 39.9. The van der Waals surface area contributed by atoms with Crippen LogP contribution in [-0.4, -0.2) is 241 Å². The highest BCUT2D eigenvalue weighted by molar-refractivity contribution is 14.1. The molecule has 0 saturated heterocycles. The third-order valence-electron chi connectivity index (χ3n) is 11.2. The van der Waals surface area contributed by atoms with Gasteiger partial charge in [-0.25, -0.2) is 0 Å². The second kappa shape index (κ2) is 37.5. The molecule has 470 valence electrons. The molecule has 6 atom stereocenters. The molecule has 0 bridgehead atoms. The number of hydrogen-bond acceptors (Lipinski definition) is 21. The third kappa shape index (κ3) is 20.7. The summed E-state index contributed by atoms with van der Waals surface area (Å²) in [7, 11) is 0. The maximum absolute atomic E-state index is 15.3. The molecule has 30 nitrogen and oxygen atoms in total. The van der Waals surface area contributed by atoms with Crippen LogP contribution in [0.25, 0.3) is 0 Å². The zero-order chi connectivity index (χ0) is 64.5. The Balaban J connectivity index is 2.31. The second-order valence-corrected chi connectivity index (χ2v) is 26.9. The van der Waals surface area contributed by atoms with Crippen molar-refractivity contribution in [3.8, 4) is 0 Å². The number of carbonyl (C=O) groups excluding carboxylic acids is 9. The molecular formula is C46H52I9N9O21. The van der Waals surface area contributed by atoms with E-state index in [1.165, 1.54) is 0 Å². The van der Waals surface area contributed by atoms with Crippen molar-refractivity contribution in [3.63, 3.8) is 0 Å². The summed E-state index contributed by atoms with van der Waals surface area (Å²) >= 11 is 15.3. The van der Waals surface area contributed by atoms with E-state index in [9.17, 15) is 99.6 Å². The van der Waals surface area contributed by atoms with Gasteiger partial charge in [0, 0.05) is 56.5 Å². The number of carbonyl (C=O) groups is 9. The van der Waals surface area contributed by atoms with Crippen LogP contribution < -0.4 is 42.5 Å². The number of hydrogen-bond donors (Lipinski definition) is 20. The number of nitrogens with one attached hydrogen (secondary N) is 8. The van der Waals surface area contributed by atoms with Crippen LogP contribution in [0.2, 0.25) is 0 Å². The fourth-order valence-corrected chi connectivity index (χ4v) is 19.9. The van der Waals surface area contributed by atoms with E-state index < -0.39 is 175 Å².